The molecule has 4 nitrogen and oxygen atoms in total. The van der Waals surface area contributed by atoms with E-state index >= 15 is 0 Å². The van der Waals surface area contributed by atoms with Crippen LogP contribution in [0.5, 0.6) is 0 Å². The van der Waals surface area contributed by atoms with E-state index in [4.69, 9.17) is 0 Å². The number of carbonyl (C=O) groups excluding carboxylic acids is 2. The van der Waals surface area contributed by atoms with Crippen molar-refractivity contribution in [1.82, 2.24) is 0 Å². The van der Waals surface area contributed by atoms with Gasteiger partial charge in [0.05, 0.1) is 6.54 Å². The highest BCUT2D eigenvalue weighted by Gasteiger charge is 1.82. The molecule has 0 atom stereocenters. The molecule has 58 valence electrons. The van der Waals surface area contributed by atoms with Crippen LogP contribution < -0.4 is 0 Å². The highest BCUT2D eigenvalue weighted by Crippen LogP contribution is 1.94. The molecule has 0 aliphatic rings. The van der Waals surface area contributed by atoms with Gasteiger partial charge >= 0.3 is 0 Å². The fraction of sp³-hybridized carbons (Fsp3) is 0.429. The molecule has 0 radical (unpaired) electrons. The number of hydrogen-bond acceptors (Lipinski definition) is 4. The molecule has 0 heterocycles. The van der Waals surface area contributed by atoms with Gasteiger partial charge in [0.1, 0.15) is 0 Å². The molecular weight excluding hydrogens is 144 g/mol. The molecule has 0 aromatic rings. The second-order valence-corrected chi connectivity index (χ2v) is 1.81. The fourth-order valence-electron chi connectivity index (χ4n) is 0.501. The summed E-state index contributed by atoms with van der Waals surface area (Å²) in [7, 11) is 0. The molecule has 0 aliphatic carbocycles. The molecule has 0 saturated heterocycles. The first kappa shape index (κ1) is 9.50. The van der Waals surface area contributed by atoms with Crippen LogP contribution in [0.1, 0.15) is 13.3 Å². The molecule has 0 saturated carbocycles. The zero-order valence-electron chi connectivity index (χ0n) is 6.20. The van der Waals surface area contributed by atoms with Crippen molar-refractivity contribution in [2.24, 2.45) is 9.98 Å². The normalized spacial score (nSPS) is 9.73. The summed E-state index contributed by atoms with van der Waals surface area (Å²) < 4.78 is 0. The van der Waals surface area contributed by atoms with E-state index in [1.807, 2.05) is 0 Å². The van der Waals surface area contributed by atoms with Gasteiger partial charge in [0.2, 0.25) is 12.2 Å². The molecule has 0 bridgehead atoms. The van der Waals surface area contributed by atoms with Crippen LogP contribution in [0.25, 0.3) is 0 Å². The largest absolute Gasteiger partial charge is 0.240 e. The average Bonchev–Trinajstić information content (AvgIpc) is 1.99. The summed E-state index contributed by atoms with van der Waals surface area (Å²) >= 11 is 0. The van der Waals surface area contributed by atoms with E-state index in [1.165, 1.54) is 12.2 Å². The van der Waals surface area contributed by atoms with Gasteiger partial charge in [-0.05, 0) is 13.3 Å². The van der Waals surface area contributed by atoms with E-state index in [9.17, 15) is 9.59 Å². The predicted molar refractivity (Wildman–Crippen MR) is 39.5 cm³/mol. The maximum Gasteiger partial charge on any atom is 0.240 e. The number of allylic oxidation sites excluding steroid dienone is 1. The van der Waals surface area contributed by atoms with Crippen LogP contribution in [-0.2, 0) is 9.59 Å². The SMILES string of the molecule is C/C(=C/CCN=C=O)N=C=O. The standard InChI is InChI=1S/C7H8N2O2/c1-7(9-6-11)3-2-4-8-5-10/h3H,2,4H2,1H3/b7-3-. The van der Waals surface area contributed by atoms with Gasteiger partial charge in [-0.15, -0.1) is 0 Å². The Morgan fingerprint density at radius 1 is 1.45 bits per heavy atom. The molecule has 0 N–H and O–H groups in total. The molecule has 0 amide bonds. The Bertz CT molecular complexity index is 233. The van der Waals surface area contributed by atoms with Gasteiger partial charge in [0, 0.05) is 5.70 Å². The number of hydrogen-bond donors (Lipinski definition) is 0. The summed E-state index contributed by atoms with van der Waals surface area (Å²) in [6.07, 6.45) is 5.11. The topological polar surface area (TPSA) is 58.9 Å². The van der Waals surface area contributed by atoms with Crippen molar-refractivity contribution in [3.8, 4) is 0 Å². The van der Waals surface area contributed by atoms with Crippen LogP contribution in [0.15, 0.2) is 21.8 Å². The van der Waals surface area contributed by atoms with Gasteiger partial charge in [-0.25, -0.2) is 14.6 Å². The van der Waals surface area contributed by atoms with Crippen molar-refractivity contribution in [1.29, 1.82) is 0 Å². The minimum absolute atomic E-state index is 0.384. The Labute approximate surface area is 64.4 Å². The summed E-state index contributed by atoms with van der Waals surface area (Å²) in [6, 6.07) is 0. The van der Waals surface area contributed by atoms with Crippen LogP contribution in [0.2, 0.25) is 0 Å². The van der Waals surface area contributed by atoms with Gasteiger partial charge < -0.3 is 0 Å². The van der Waals surface area contributed by atoms with Gasteiger partial charge in [-0.3, -0.25) is 0 Å². The van der Waals surface area contributed by atoms with Crippen molar-refractivity contribution in [2.45, 2.75) is 13.3 Å². The number of aliphatic imine (C=N–C) groups is 2. The maximum absolute atomic E-state index is 9.69. The molecule has 0 spiro atoms. The van der Waals surface area contributed by atoms with Crippen LogP contribution in [0, 0.1) is 0 Å². The van der Waals surface area contributed by atoms with Gasteiger partial charge in [0.25, 0.3) is 0 Å². The van der Waals surface area contributed by atoms with Gasteiger partial charge in [0.15, 0.2) is 0 Å². The summed E-state index contributed by atoms with van der Waals surface area (Å²) in [4.78, 5) is 25.9. The van der Waals surface area contributed by atoms with E-state index in [0.29, 0.717) is 18.7 Å². The molecular formula is C7H8N2O2. The lowest BCUT2D eigenvalue weighted by atomic mass is 10.3. The van der Waals surface area contributed by atoms with Crippen LogP contribution >= 0.6 is 0 Å². The number of isocyanates is 2. The lowest BCUT2D eigenvalue weighted by molar-refractivity contribution is 0.562. The second kappa shape index (κ2) is 6.62. The first-order valence-electron chi connectivity index (χ1n) is 3.09. The smallest absolute Gasteiger partial charge is 0.211 e. The number of nitrogens with zero attached hydrogens (tertiary/aromatic N) is 2. The summed E-state index contributed by atoms with van der Waals surface area (Å²) in [5.74, 6) is 0. The molecule has 0 aromatic heterocycles. The Balaban J connectivity index is 3.73. The van der Waals surface area contributed by atoms with E-state index in [2.05, 4.69) is 9.98 Å². The highest BCUT2D eigenvalue weighted by atomic mass is 16.1. The Hall–Kier alpha value is -1.50. The van der Waals surface area contributed by atoms with E-state index < -0.39 is 0 Å². The zero-order chi connectivity index (χ0) is 8.53. The zero-order valence-corrected chi connectivity index (χ0v) is 6.20. The molecule has 4 heteroatoms. The quantitative estimate of drug-likeness (QED) is 0.342. The van der Waals surface area contributed by atoms with E-state index in [-0.39, 0.29) is 0 Å². The number of rotatable bonds is 4. The molecule has 0 rings (SSSR count). The Morgan fingerprint density at radius 3 is 2.73 bits per heavy atom. The molecule has 0 fully saturated rings. The summed E-state index contributed by atoms with van der Waals surface area (Å²) in [6.45, 7) is 2.06. The summed E-state index contributed by atoms with van der Waals surface area (Å²) in [5, 5.41) is 0. The van der Waals surface area contributed by atoms with Crippen LogP contribution in [0.3, 0.4) is 0 Å². The van der Waals surface area contributed by atoms with Gasteiger partial charge in [-0.2, -0.15) is 4.99 Å². The van der Waals surface area contributed by atoms with Crippen molar-refractivity contribution >= 4 is 12.2 Å². The molecule has 0 aromatic carbocycles. The van der Waals surface area contributed by atoms with Crippen molar-refractivity contribution in [3.63, 3.8) is 0 Å². The monoisotopic (exact) mass is 152 g/mol. The molecule has 11 heavy (non-hydrogen) atoms. The average molecular weight is 152 g/mol. The van der Waals surface area contributed by atoms with Crippen LogP contribution in [-0.4, -0.2) is 18.7 Å². The van der Waals surface area contributed by atoms with Crippen molar-refractivity contribution < 1.29 is 9.59 Å². The van der Waals surface area contributed by atoms with Crippen LogP contribution in [0.4, 0.5) is 0 Å². The first-order valence-corrected chi connectivity index (χ1v) is 3.09. The lowest BCUT2D eigenvalue weighted by Gasteiger charge is -1.85. The lowest BCUT2D eigenvalue weighted by Crippen LogP contribution is -1.76. The second-order valence-electron chi connectivity index (χ2n) is 1.81. The third-order valence-corrected chi connectivity index (χ3v) is 0.967. The highest BCUT2D eigenvalue weighted by molar-refractivity contribution is 5.36. The van der Waals surface area contributed by atoms with Gasteiger partial charge in [-0.1, -0.05) is 6.08 Å². The molecule has 0 aliphatic heterocycles. The van der Waals surface area contributed by atoms with E-state index in [1.54, 1.807) is 13.0 Å². The minimum Gasteiger partial charge on any atom is -0.211 e. The Morgan fingerprint density at radius 2 is 2.18 bits per heavy atom. The maximum atomic E-state index is 9.69. The predicted octanol–water partition coefficient (Wildman–Crippen LogP) is 0.952. The fourth-order valence-corrected chi connectivity index (χ4v) is 0.501. The minimum atomic E-state index is 0.384. The third-order valence-electron chi connectivity index (χ3n) is 0.967. The Kier molecular flexibility index (Phi) is 5.72. The summed E-state index contributed by atoms with van der Waals surface area (Å²) in [5.41, 5.74) is 0.584. The van der Waals surface area contributed by atoms with E-state index in [0.717, 1.165) is 0 Å². The first-order chi connectivity index (χ1) is 5.31. The molecule has 0 unspecified atom stereocenters. The van der Waals surface area contributed by atoms with Crippen molar-refractivity contribution in [3.05, 3.63) is 11.8 Å². The van der Waals surface area contributed by atoms with Crippen molar-refractivity contribution in [2.75, 3.05) is 6.54 Å². The third kappa shape index (κ3) is 6.38.